The van der Waals surface area contributed by atoms with E-state index in [1.807, 2.05) is 0 Å². The van der Waals surface area contributed by atoms with Crippen molar-refractivity contribution < 1.29 is 13.2 Å². The Labute approximate surface area is 156 Å². The van der Waals surface area contributed by atoms with E-state index in [9.17, 15) is 18.0 Å². The van der Waals surface area contributed by atoms with Gasteiger partial charge in [-0.25, -0.2) is 9.78 Å². The number of benzene rings is 1. The van der Waals surface area contributed by atoms with Gasteiger partial charge in [0.15, 0.2) is 5.65 Å². The van der Waals surface area contributed by atoms with Crippen LogP contribution < -0.4 is 5.69 Å². The van der Waals surface area contributed by atoms with Gasteiger partial charge in [-0.2, -0.15) is 13.2 Å². The Morgan fingerprint density at radius 3 is 2.57 bits per heavy atom. The molecule has 4 rings (SSSR count). The first-order valence-electron chi connectivity index (χ1n) is 8.32. The molecule has 0 spiro atoms. The first-order chi connectivity index (χ1) is 13.2. The third-order valence-corrected chi connectivity index (χ3v) is 4.47. The van der Waals surface area contributed by atoms with Crippen LogP contribution in [-0.2, 0) is 26.8 Å². The van der Waals surface area contributed by atoms with Gasteiger partial charge in [-0.05, 0) is 23.8 Å². The molecule has 7 nitrogen and oxygen atoms in total. The van der Waals surface area contributed by atoms with Crippen molar-refractivity contribution in [1.29, 1.82) is 0 Å². The highest BCUT2D eigenvalue weighted by molar-refractivity contribution is 5.79. The van der Waals surface area contributed by atoms with Gasteiger partial charge >= 0.3 is 11.9 Å². The van der Waals surface area contributed by atoms with Gasteiger partial charge in [0.25, 0.3) is 0 Å². The van der Waals surface area contributed by atoms with Crippen LogP contribution in [0.2, 0.25) is 0 Å². The monoisotopic (exact) mass is 388 g/mol. The number of hydrogen-bond donors (Lipinski definition) is 0. The third-order valence-electron chi connectivity index (χ3n) is 4.47. The van der Waals surface area contributed by atoms with Crippen molar-refractivity contribution in [2.75, 3.05) is 0 Å². The summed E-state index contributed by atoms with van der Waals surface area (Å²) in [5.41, 5.74) is 1.34. The van der Waals surface area contributed by atoms with Crippen LogP contribution in [0.1, 0.15) is 11.3 Å². The average Bonchev–Trinajstić information content (AvgIpc) is 3.18. The minimum Gasteiger partial charge on any atom is -0.284 e. The van der Waals surface area contributed by atoms with Crippen LogP contribution in [0.25, 0.3) is 22.3 Å². The average molecular weight is 388 g/mol. The zero-order valence-corrected chi connectivity index (χ0v) is 15.0. The summed E-state index contributed by atoms with van der Waals surface area (Å²) in [5, 5.41) is 7.84. The predicted molar refractivity (Wildman–Crippen MR) is 95.5 cm³/mol. The quantitative estimate of drug-likeness (QED) is 0.541. The van der Waals surface area contributed by atoms with E-state index >= 15 is 0 Å². The van der Waals surface area contributed by atoms with Crippen LogP contribution in [0.5, 0.6) is 0 Å². The van der Waals surface area contributed by atoms with Crippen molar-refractivity contribution in [3.8, 4) is 11.1 Å². The van der Waals surface area contributed by atoms with Crippen molar-refractivity contribution in [2.24, 2.45) is 14.1 Å². The molecular weight excluding hydrogens is 373 g/mol. The lowest BCUT2D eigenvalue weighted by molar-refractivity contribution is -0.137. The molecule has 28 heavy (non-hydrogen) atoms. The molecule has 3 aromatic heterocycles. The molecule has 0 aliphatic heterocycles. The predicted octanol–water partition coefficient (Wildman–Crippen LogP) is 2.60. The van der Waals surface area contributed by atoms with Crippen LogP contribution in [0.4, 0.5) is 13.2 Å². The van der Waals surface area contributed by atoms with E-state index in [-0.39, 0.29) is 12.2 Å². The molecule has 0 N–H and O–H groups in total. The van der Waals surface area contributed by atoms with Gasteiger partial charge in [0.1, 0.15) is 5.69 Å². The number of aromatic nitrogens is 6. The zero-order valence-electron chi connectivity index (χ0n) is 15.0. The van der Waals surface area contributed by atoms with Gasteiger partial charge in [-0.15, -0.1) is 5.10 Å². The molecule has 1 aromatic carbocycles. The molecule has 0 unspecified atom stereocenters. The van der Waals surface area contributed by atoms with Crippen molar-refractivity contribution in [3.63, 3.8) is 0 Å². The summed E-state index contributed by atoms with van der Waals surface area (Å²) in [5.74, 6) is 0. The van der Waals surface area contributed by atoms with E-state index in [1.54, 1.807) is 32.4 Å². The van der Waals surface area contributed by atoms with Crippen LogP contribution in [0, 0.1) is 0 Å². The summed E-state index contributed by atoms with van der Waals surface area (Å²) >= 11 is 0. The minimum absolute atomic E-state index is 0.178. The maximum absolute atomic E-state index is 13.0. The summed E-state index contributed by atoms with van der Waals surface area (Å²) in [4.78, 5) is 16.9. The van der Waals surface area contributed by atoms with E-state index in [0.29, 0.717) is 28.0 Å². The fourth-order valence-electron chi connectivity index (χ4n) is 3.09. The lowest BCUT2D eigenvalue weighted by atomic mass is 10.0. The second-order valence-corrected chi connectivity index (χ2v) is 6.46. The summed E-state index contributed by atoms with van der Waals surface area (Å²) in [7, 11) is 3.31. The Balaban J connectivity index is 1.85. The number of halogens is 3. The number of aryl methyl sites for hydroxylation is 2. The number of fused-ring (bicyclic) bond motifs is 1. The van der Waals surface area contributed by atoms with E-state index in [2.05, 4.69) is 15.3 Å². The number of nitrogens with zero attached hydrogens (tertiary/aromatic N) is 6. The maximum Gasteiger partial charge on any atom is 0.416 e. The second kappa shape index (κ2) is 6.32. The number of pyridine rings is 1. The van der Waals surface area contributed by atoms with E-state index in [4.69, 9.17) is 0 Å². The first kappa shape index (κ1) is 18.0. The highest BCUT2D eigenvalue weighted by Gasteiger charge is 2.30. The lowest BCUT2D eigenvalue weighted by Crippen LogP contribution is -2.22. The molecule has 4 aromatic rings. The van der Waals surface area contributed by atoms with Crippen molar-refractivity contribution >= 4 is 11.2 Å². The molecule has 10 heteroatoms. The first-order valence-corrected chi connectivity index (χ1v) is 8.32. The molecule has 3 heterocycles. The molecule has 0 saturated heterocycles. The number of hydrogen-bond acceptors (Lipinski definition) is 4. The SMILES string of the molecule is Cn1cc(Cn2c(=O)n(C)c3ncc(-c4cccc(C(F)(F)F)c4)cc32)nn1. The van der Waals surface area contributed by atoms with Crippen LogP contribution >= 0.6 is 0 Å². The van der Waals surface area contributed by atoms with E-state index in [1.165, 1.54) is 26.1 Å². The Kier molecular flexibility index (Phi) is 4.06. The molecule has 144 valence electrons. The molecular formula is C18H15F3N6O. The minimum atomic E-state index is -4.44. The molecule has 0 aliphatic carbocycles. The fraction of sp³-hybridized carbons (Fsp3) is 0.222. The topological polar surface area (TPSA) is 70.5 Å². The summed E-state index contributed by atoms with van der Waals surface area (Å²) in [6, 6.07) is 6.67. The van der Waals surface area contributed by atoms with Gasteiger partial charge < -0.3 is 0 Å². The zero-order chi connectivity index (χ0) is 20.1. The van der Waals surface area contributed by atoms with Crippen LogP contribution in [0.15, 0.2) is 47.5 Å². The van der Waals surface area contributed by atoms with Gasteiger partial charge in [0, 0.05) is 32.1 Å². The highest BCUT2D eigenvalue weighted by atomic mass is 19.4. The van der Waals surface area contributed by atoms with Crippen molar-refractivity contribution in [3.05, 3.63) is 64.5 Å². The fourth-order valence-corrected chi connectivity index (χ4v) is 3.09. The van der Waals surface area contributed by atoms with E-state index in [0.717, 1.165) is 12.1 Å². The van der Waals surface area contributed by atoms with Crippen LogP contribution in [0.3, 0.4) is 0 Å². The van der Waals surface area contributed by atoms with Crippen LogP contribution in [-0.4, -0.2) is 29.1 Å². The maximum atomic E-state index is 13.0. The van der Waals surface area contributed by atoms with E-state index < -0.39 is 11.7 Å². The molecule has 0 aliphatic rings. The summed E-state index contributed by atoms with van der Waals surface area (Å²) < 4.78 is 43.5. The number of rotatable bonds is 3. The molecule has 0 fully saturated rings. The summed E-state index contributed by atoms with van der Waals surface area (Å²) in [6.07, 6.45) is -1.28. The molecule has 0 amide bonds. The Morgan fingerprint density at radius 1 is 1.11 bits per heavy atom. The normalized spacial score (nSPS) is 12.0. The summed E-state index contributed by atoms with van der Waals surface area (Å²) in [6.45, 7) is 0.178. The second-order valence-electron chi connectivity index (χ2n) is 6.46. The Morgan fingerprint density at radius 2 is 1.89 bits per heavy atom. The van der Waals surface area contributed by atoms with Gasteiger partial charge in [0.2, 0.25) is 0 Å². The van der Waals surface area contributed by atoms with Gasteiger partial charge in [0.05, 0.1) is 17.6 Å². The van der Waals surface area contributed by atoms with Crippen molar-refractivity contribution in [1.82, 2.24) is 29.1 Å². The third kappa shape index (κ3) is 3.06. The number of imidazole rings is 1. The smallest absolute Gasteiger partial charge is 0.284 e. The number of alkyl halides is 3. The largest absolute Gasteiger partial charge is 0.416 e. The lowest BCUT2D eigenvalue weighted by Gasteiger charge is -2.09. The Hall–Kier alpha value is -3.43. The molecule has 0 saturated carbocycles. The molecule has 0 atom stereocenters. The highest BCUT2D eigenvalue weighted by Crippen LogP contribution is 2.32. The standard InChI is InChI=1S/C18H15F3N6O/c1-25-9-14(23-24-25)10-27-15-7-12(8-22-16(15)26(2)17(27)28)11-4-3-5-13(6-11)18(19,20)21/h3-9H,10H2,1-2H3. The van der Waals surface area contributed by atoms with Gasteiger partial charge in [-0.3, -0.25) is 13.8 Å². The molecule has 0 bridgehead atoms. The molecule has 0 radical (unpaired) electrons. The van der Waals surface area contributed by atoms with Crippen molar-refractivity contribution in [2.45, 2.75) is 12.7 Å². The van der Waals surface area contributed by atoms with Gasteiger partial charge in [-0.1, -0.05) is 17.3 Å². The Bertz CT molecular complexity index is 1230.